The van der Waals surface area contributed by atoms with Gasteiger partial charge in [0.2, 0.25) is 0 Å². The third kappa shape index (κ3) is 3.40. The van der Waals surface area contributed by atoms with Gasteiger partial charge >= 0.3 is 0 Å². The summed E-state index contributed by atoms with van der Waals surface area (Å²) in [4.78, 5) is 4.19. The van der Waals surface area contributed by atoms with Crippen LogP contribution in [-0.2, 0) is 6.54 Å². The molecular formula is C15H17N. The summed E-state index contributed by atoms with van der Waals surface area (Å²) in [5, 5.41) is 0. The van der Waals surface area contributed by atoms with Crippen LogP contribution in [0.3, 0.4) is 0 Å². The number of hydrogen-bond acceptors (Lipinski definition) is 1. The molecule has 1 unspecified atom stereocenters. The maximum absolute atomic E-state index is 5.49. The van der Waals surface area contributed by atoms with Crippen molar-refractivity contribution in [3.63, 3.8) is 0 Å². The molecule has 0 aromatic heterocycles. The van der Waals surface area contributed by atoms with E-state index in [0.29, 0.717) is 0 Å². The number of benzene rings is 1. The SMILES string of the molecule is C#CC(CC=C)c1ccc(C/N=C\C)cc1. The number of aliphatic imine (C=N–C) groups is 1. The van der Waals surface area contributed by atoms with E-state index in [9.17, 15) is 0 Å². The van der Waals surface area contributed by atoms with Gasteiger partial charge in [0.15, 0.2) is 0 Å². The van der Waals surface area contributed by atoms with Crippen LogP contribution in [0.4, 0.5) is 0 Å². The van der Waals surface area contributed by atoms with Crippen molar-refractivity contribution >= 4 is 6.21 Å². The summed E-state index contributed by atoms with van der Waals surface area (Å²) in [5.74, 6) is 2.92. The molecule has 0 radical (unpaired) electrons. The molecule has 0 fully saturated rings. The Morgan fingerprint density at radius 2 is 2.12 bits per heavy atom. The number of hydrogen-bond donors (Lipinski definition) is 0. The van der Waals surface area contributed by atoms with Crippen molar-refractivity contribution in [3.05, 3.63) is 48.0 Å². The minimum absolute atomic E-state index is 0.140. The van der Waals surface area contributed by atoms with Gasteiger partial charge in [-0.1, -0.05) is 36.3 Å². The van der Waals surface area contributed by atoms with Crippen LogP contribution in [0.25, 0.3) is 0 Å². The van der Waals surface area contributed by atoms with E-state index in [4.69, 9.17) is 6.42 Å². The molecule has 1 atom stereocenters. The van der Waals surface area contributed by atoms with Crippen molar-refractivity contribution in [1.82, 2.24) is 0 Å². The summed E-state index contributed by atoms with van der Waals surface area (Å²) in [6.45, 7) is 6.38. The van der Waals surface area contributed by atoms with Crippen molar-refractivity contribution in [2.75, 3.05) is 0 Å². The van der Waals surface area contributed by atoms with E-state index in [0.717, 1.165) is 13.0 Å². The van der Waals surface area contributed by atoms with Crippen LogP contribution < -0.4 is 0 Å². The van der Waals surface area contributed by atoms with Gasteiger partial charge in [-0.25, -0.2) is 0 Å². The van der Waals surface area contributed by atoms with Crippen molar-refractivity contribution in [1.29, 1.82) is 0 Å². The van der Waals surface area contributed by atoms with Crippen LogP contribution in [0, 0.1) is 12.3 Å². The van der Waals surface area contributed by atoms with Crippen molar-refractivity contribution < 1.29 is 0 Å². The predicted molar refractivity (Wildman–Crippen MR) is 70.7 cm³/mol. The van der Waals surface area contributed by atoms with Gasteiger partial charge in [-0.05, 0) is 30.7 Å². The number of nitrogens with zero attached hydrogens (tertiary/aromatic N) is 1. The Balaban J connectivity index is 2.77. The van der Waals surface area contributed by atoms with E-state index >= 15 is 0 Å². The Kier molecular flexibility index (Phi) is 5.08. The monoisotopic (exact) mass is 211 g/mol. The second kappa shape index (κ2) is 6.63. The van der Waals surface area contributed by atoms with Crippen LogP contribution in [0.15, 0.2) is 41.9 Å². The lowest BCUT2D eigenvalue weighted by Gasteiger charge is -2.08. The summed E-state index contributed by atoms with van der Waals surface area (Å²) in [5.41, 5.74) is 2.38. The molecule has 0 aliphatic heterocycles. The Bertz CT molecular complexity index is 392. The number of allylic oxidation sites excluding steroid dienone is 1. The lowest BCUT2D eigenvalue weighted by molar-refractivity contribution is 0.893. The van der Waals surface area contributed by atoms with Gasteiger partial charge < -0.3 is 0 Å². The maximum atomic E-state index is 5.49. The topological polar surface area (TPSA) is 12.4 Å². The normalized spacial score (nSPS) is 12.2. The number of rotatable bonds is 5. The molecule has 82 valence electrons. The van der Waals surface area contributed by atoms with E-state index in [2.05, 4.69) is 41.8 Å². The first-order valence-corrected chi connectivity index (χ1v) is 5.42. The van der Waals surface area contributed by atoms with Crippen LogP contribution in [-0.4, -0.2) is 6.21 Å². The first kappa shape index (κ1) is 12.3. The predicted octanol–water partition coefficient (Wildman–Crippen LogP) is 3.57. The molecule has 0 saturated carbocycles. The molecule has 0 aliphatic rings. The number of terminal acetylenes is 1. The Morgan fingerprint density at radius 1 is 1.44 bits per heavy atom. The van der Waals surface area contributed by atoms with Crippen LogP contribution in [0.5, 0.6) is 0 Å². The second-order valence-electron chi connectivity index (χ2n) is 3.58. The first-order valence-electron chi connectivity index (χ1n) is 5.42. The maximum Gasteiger partial charge on any atom is 0.0635 e. The van der Waals surface area contributed by atoms with Crippen LogP contribution in [0.1, 0.15) is 30.4 Å². The van der Waals surface area contributed by atoms with Gasteiger partial charge in [-0.3, -0.25) is 4.99 Å². The van der Waals surface area contributed by atoms with Gasteiger partial charge in [0.25, 0.3) is 0 Å². The fourth-order valence-corrected chi connectivity index (χ4v) is 1.52. The first-order chi connectivity index (χ1) is 7.81. The molecule has 0 saturated heterocycles. The Hall–Kier alpha value is -1.81. The highest BCUT2D eigenvalue weighted by atomic mass is 14.7. The molecule has 0 N–H and O–H groups in total. The molecule has 16 heavy (non-hydrogen) atoms. The molecule has 1 nitrogen and oxygen atoms in total. The summed E-state index contributed by atoms with van der Waals surface area (Å²) in [6, 6.07) is 8.31. The summed E-state index contributed by atoms with van der Waals surface area (Å²) < 4.78 is 0. The van der Waals surface area contributed by atoms with E-state index in [1.54, 1.807) is 0 Å². The van der Waals surface area contributed by atoms with Crippen molar-refractivity contribution in [2.45, 2.75) is 25.8 Å². The molecule has 0 aliphatic carbocycles. The highest BCUT2D eigenvalue weighted by molar-refractivity contribution is 5.53. The lowest BCUT2D eigenvalue weighted by Crippen LogP contribution is -1.94. The molecule has 1 heteroatoms. The highest BCUT2D eigenvalue weighted by Crippen LogP contribution is 2.19. The molecule has 0 heterocycles. The largest absolute Gasteiger partial charge is 0.293 e. The summed E-state index contributed by atoms with van der Waals surface area (Å²) in [7, 11) is 0. The van der Waals surface area contributed by atoms with Crippen molar-refractivity contribution in [3.8, 4) is 12.3 Å². The zero-order chi connectivity index (χ0) is 11.8. The lowest BCUT2D eigenvalue weighted by atomic mass is 9.96. The highest BCUT2D eigenvalue weighted by Gasteiger charge is 2.05. The van der Waals surface area contributed by atoms with Gasteiger partial charge in [0, 0.05) is 5.92 Å². The molecule has 0 amide bonds. The Labute approximate surface area is 97.9 Å². The van der Waals surface area contributed by atoms with E-state index in [1.165, 1.54) is 11.1 Å². The van der Waals surface area contributed by atoms with Crippen molar-refractivity contribution in [2.24, 2.45) is 4.99 Å². The third-order valence-electron chi connectivity index (χ3n) is 2.44. The molecule has 0 bridgehead atoms. The third-order valence-corrected chi connectivity index (χ3v) is 2.44. The summed E-state index contributed by atoms with van der Waals surface area (Å²) in [6.07, 6.45) is 9.99. The molecule has 1 rings (SSSR count). The van der Waals surface area contributed by atoms with Gasteiger partial charge in [0.05, 0.1) is 6.54 Å². The molecule has 0 spiro atoms. The smallest absolute Gasteiger partial charge is 0.0635 e. The standard InChI is InChI=1S/C15H17N/c1-4-7-14(5-2)15-10-8-13(9-11-15)12-16-6-3/h2,4,6,8-11,14H,1,7,12H2,3H3/b16-6-. The fraction of sp³-hybridized carbons (Fsp3) is 0.267. The molecule has 1 aromatic carbocycles. The fourth-order valence-electron chi connectivity index (χ4n) is 1.52. The van der Waals surface area contributed by atoms with Crippen LogP contribution >= 0.6 is 0 Å². The minimum atomic E-state index is 0.140. The van der Waals surface area contributed by atoms with E-state index in [-0.39, 0.29) is 5.92 Å². The average Bonchev–Trinajstić information content (AvgIpc) is 2.34. The molecule has 1 aromatic rings. The van der Waals surface area contributed by atoms with E-state index < -0.39 is 0 Å². The summed E-state index contributed by atoms with van der Waals surface area (Å²) >= 11 is 0. The quantitative estimate of drug-likeness (QED) is 0.401. The minimum Gasteiger partial charge on any atom is -0.293 e. The van der Waals surface area contributed by atoms with Gasteiger partial charge in [-0.2, -0.15) is 0 Å². The average molecular weight is 211 g/mol. The zero-order valence-corrected chi connectivity index (χ0v) is 9.69. The van der Waals surface area contributed by atoms with Gasteiger partial charge in [0.1, 0.15) is 0 Å². The second-order valence-corrected chi connectivity index (χ2v) is 3.58. The van der Waals surface area contributed by atoms with Gasteiger partial charge in [-0.15, -0.1) is 13.0 Å². The van der Waals surface area contributed by atoms with Crippen LogP contribution in [0.2, 0.25) is 0 Å². The Morgan fingerprint density at radius 3 is 2.62 bits per heavy atom. The molecular weight excluding hydrogens is 194 g/mol. The zero-order valence-electron chi connectivity index (χ0n) is 9.69. The van der Waals surface area contributed by atoms with E-state index in [1.807, 2.05) is 19.2 Å².